The largest absolute Gasteiger partial charge is 0.452 e. The van der Waals surface area contributed by atoms with Crippen molar-refractivity contribution in [2.75, 3.05) is 11.9 Å². The number of rotatable bonds is 5. The molecule has 0 aliphatic carbocycles. The summed E-state index contributed by atoms with van der Waals surface area (Å²) in [6, 6.07) is 20.2. The Hall–Kier alpha value is -3.18. The number of amides is 1. The van der Waals surface area contributed by atoms with Gasteiger partial charge in [-0.25, -0.2) is 9.18 Å². The molecule has 1 N–H and O–H groups in total. The first-order valence-electron chi connectivity index (χ1n) is 8.11. The van der Waals surface area contributed by atoms with E-state index in [1.807, 2.05) is 42.5 Å². The van der Waals surface area contributed by atoms with Gasteiger partial charge in [-0.2, -0.15) is 0 Å². The summed E-state index contributed by atoms with van der Waals surface area (Å²) in [5, 5.41) is 2.66. The highest BCUT2D eigenvalue weighted by atomic mass is 35.5. The normalized spacial score (nSPS) is 10.3. The van der Waals surface area contributed by atoms with Crippen molar-refractivity contribution in [3.8, 4) is 11.1 Å². The zero-order valence-corrected chi connectivity index (χ0v) is 14.9. The summed E-state index contributed by atoms with van der Waals surface area (Å²) in [6.07, 6.45) is 0. The second-order valence-corrected chi connectivity index (χ2v) is 6.07. The zero-order valence-electron chi connectivity index (χ0n) is 14.1. The van der Waals surface area contributed by atoms with Gasteiger partial charge in [-0.1, -0.05) is 60.1 Å². The van der Waals surface area contributed by atoms with Gasteiger partial charge in [0.05, 0.1) is 10.6 Å². The fourth-order valence-corrected chi connectivity index (χ4v) is 2.76. The molecular formula is C21H15ClFNO3. The molecule has 0 aliphatic rings. The van der Waals surface area contributed by atoms with Crippen molar-refractivity contribution in [1.82, 2.24) is 0 Å². The van der Waals surface area contributed by atoms with Gasteiger partial charge in [0, 0.05) is 11.3 Å². The SMILES string of the molecule is O=C(COC(=O)c1ccc(F)cc1Cl)Nc1ccccc1-c1ccccc1. The molecule has 0 spiro atoms. The summed E-state index contributed by atoms with van der Waals surface area (Å²) in [6.45, 7) is -0.490. The van der Waals surface area contributed by atoms with Gasteiger partial charge < -0.3 is 10.1 Å². The molecule has 0 aromatic heterocycles. The van der Waals surface area contributed by atoms with Gasteiger partial charge in [-0.3, -0.25) is 4.79 Å². The highest BCUT2D eigenvalue weighted by Crippen LogP contribution is 2.27. The first kappa shape index (κ1) is 18.6. The van der Waals surface area contributed by atoms with E-state index in [0.717, 1.165) is 23.3 Å². The van der Waals surface area contributed by atoms with E-state index in [2.05, 4.69) is 5.32 Å². The summed E-state index contributed by atoms with van der Waals surface area (Å²) < 4.78 is 18.0. The highest BCUT2D eigenvalue weighted by Gasteiger charge is 2.15. The lowest BCUT2D eigenvalue weighted by Gasteiger charge is -2.12. The summed E-state index contributed by atoms with van der Waals surface area (Å²) in [7, 11) is 0. The minimum absolute atomic E-state index is 0.00412. The molecular weight excluding hydrogens is 369 g/mol. The summed E-state index contributed by atoms with van der Waals surface area (Å²) in [4.78, 5) is 24.2. The van der Waals surface area contributed by atoms with Gasteiger partial charge in [0.25, 0.3) is 5.91 Å². The first-order chi connectivity index (χ1) is 13.0. The Morgan fingerprint density at radius 2 is 1.67 bits per heavy atom. The molecule has 0 saturated carbocycles. The molecule has 3 aromatic carbocycles. The average molecular weight is 384 g/mol. The Morgan fingerprint density at radius 1 is 0.963 bits per heavy atom. The number of carbonyl (C=O) groups excluding carboxylic acids is 2. The maximum atomic E-state index is 13.0. The van der Waals surface area contributed by atoms with Crippen molar-refractivity contribution in [2.24, 2.45) is 0 Å². The van der Waals surface area contributed by atoms with E-state index in [4.69, 9.17) is 16.3 Å². The molecule has 3 aromatic rings. The minimum Gasteiger partial charge on any atom is -0.452 e. The van der Waals surface area contributed by atoms with Crippen LogP contribution >= 0.6 is 11.6 Å². The monoisotopic (exact) mass is 383 g/mol. The number of halogens is 2. The molecule has 4 nitrogen and oxygen atoms in total. The van der Waals surface area contributed by atoms with Crippen molar-refractivity contribution >= 4 is 29.2 Å². The Morgan fingerprint density at radius 3 is 2.41 bits per heavy atom. The molecule has 3 rings (SSSR count). The molecule has 27 heavy (non-hydrogen) atoms. The van der Waals surface area contributed by atoms with Crippen molar-refractivity contribution < 1.29 is 18.7 Å². The molecule has 0 unspecified atom stereocenters. The Labute approximate surface area is 160 Å². The smallest absolute Gasteiger partial charge is 0.340 e. The van der Waals surface area contributed by atoms with Crippen LogP contribution in [0.2, 0.25) is 5.02 Å². The van der Waals surface area contributed by atoms with E-state index in [-0.39, 0.29) is 10.6 Å². The first-order valence-corrected chi connectivity index (χ1v) is 8.49. The van der Waals surface area contributed by atoms with Crippen molar-refractivity contribution in [2.45, 2.75) is 0 Å². The van der Waals surface area contributed by atoms with Crippen LogP contribution in [0, 0.1) is 5.82 Å². The van der Waals surface area contributed by atoms with Crippen LogP contribution in [0.5, 0.6) is 0 Å². The molecule has 0 heterocycles. The van der Waals surface area contributed by atoms with E-state index in [1.165, 1.54) is 6.07 Å². The number of esters is 1. The second-order valence-electron chi connectivity index (χ2n) is 5.66. The van der Waals surface area contributed by atoms with E-state index in [1.54, 1.807) is 12.1 Å². The van der Waals surface area contributed by atoms with Gasteiger partial charge >= 0.3 is 5.97 Å². The van der Waals surface area contributed by atoms with Crippen molar-refractivity contribution in [1.29, 1.82) is 0 Å². The van der Waals surface area contributed by atoms with Crippen molar-refractivity contribution in [3.05, 3.63) is 89.2 Å². The third-order valence-electron chi connectivity index (χ3n) is 3.77. The molecule has 0 saturated heterocycles. The van der Waals surface area contributed by atoms with Crippen LogP contribution in [0.3, 0.4) is 0 Å². The number of nitrogens with one attached hydrogen (secondary N) is 1. The molecule has 1 amide bonds. The third kappa shape index (κ3) is 4.71. The number of hydrogen-bond donors (Lipinski definition) is 1. The predicted molar refractivity (Wildman–Crippen MR) is 102 cm³/mol. The van der Waals surface area contributed by atoms with Crippen LogP contribution in [0.15, 0.2) is 72.8 Å². The number of carbonyl (C=O) groups is 2. The number of anilines is 1. The van der Waals surface area contributed by atoms with Crippen LogP contribution in [-0.4, -0.2) is 18.5 Å². The molecule has 0 bridgehead atoms. The van der Waals surface area contributed by atoms with Gasteiger partial charge in [0.15, 0.2) is 6.61 Å². The molecule has 0 fully saturated rings. The van der Waals surface area contributed by atoms with Crippen LogP contribution < -0.4 is 5.32 Å². The minimum atomic E-state index is -0.800. The standard InChI is InChI=1S/C21H15ClFNO3/c22-18-12-15(23)10-11-17(18)21(26)27-13-20(25)24-19-9-5-4-8-16(19)14-6-2-1-3-7-14/h1-12H,13H2,(H,24,25). The maximum absolute atomic E-state index is 13.0. The molecule has 136 valence electrons. The lowest BCUT2D eigenvalue weighted by molar-refractivity contribution is -0.119. The maximum Gasteiger partial charge on any atom is 0.340 e. The molecule has 6 heteroatoms. The van der Waals surface area contributed by atoms with Crippen molar-refractivity contribution in [3.63, 3.8) is 0 Å². The average Bonchev–Trinajstić information content (AvgIpc) is 2.67. The van der Waals surface area contributed by atoms with E-state index in [9.17, 15) is 14.0 Å². The molecule has 0 atom stereocenters. The molecule has 0 aliphatic heterocycles. The summed E-state index contributed by atoms with van der Waals surface area (Å²) in [5.41, 5.74) is 2.39. The fraction of sp³-hybridized carbons (Fsp3) is 0.0476. The van der Waals surface area contributed by atoms with Gasteiger partial charge in [-0.15, -0.1) is 0 Å². The van der Waals surface area contributed by atoms with E-state index in [0.29, 0.717) is 5.69 Å². The lowest BCUT2D eigenvalue weighted by atomic mass is 10.0. The number of hydrogen-bond acceptors (Lipinski definition) is 3. The van der Waals surface area contributed by atoms with Crippen LogP contribution in [0.4, 0.5) is 10.1 Å². The Kier molecular flexibility index (Phi) is 5.84. The number of para-hydroxylation sites is 1. The van der Waals surface area contributed by atoms with Crippen LogP contribution in [0.25, 0.3) is 11.1 Å². The molecule has 0 radical (unpaired) electrons. The van der Waals surface area contributed by atoms with Crippen LogP contribution in [0.1, 0.15) is 10.4 Å². The predicted octanol–water partition coefficient (Wildman–Crippen LogP) is 4.94. The zero-order chi connectivity index (χ0) is 19.2. The summed E-state index contributed by atoms with van der Waals surface area (Å²) >= 11 is 5.82. The van der Waals surface area contributed by atoms with E-state index >= 15 is 0 Å². The summed E-state index contributed by atoms with van der Waals surface area (Å²) in [5.74, 6) is -1.86. The number of ether oxygens (including phenoxy) is 1. The van der Waals surface area contributed by atoms with Gasteiger partial charge in [-0.05, 0) is 29.8 Å². The lowest BCUT2D eigenvalue weighted by Crippen LogP contribution is -2.21. The third-order valence-corrected chi connectivity index (χ3v) is 4.08. The topological polar surface area (TPSA) is 55.4 Å². The van der Waals surface area contributed by atoms with Gasteiger partial charge in [0.1, 0.15) is 5.82 Å². The highest BCUT2D eigenvalue weighted by molar-refractivity contribution is 6.33. The fourth-order valence-electron chi connectivity index (χ4n) is 2.51. The van der Waals surface area contributed by atoms with Crippen LogP contribution in [-0.2, 0) is 9.53 Å². The Bertz CT molecular complexity index is 976. The quantitative estimate of drug-likeness (QED) is 0.635. The Balaban J connectivity index is 1.66. The van der Waals surface area contributed by atoms with E-state index < -0.39 is 24.3 Å². The second kappa shape index (κ2) is 8.47. The number of benzene rings is 3. The van der Waals surface area contributed by atoms with Gasteiger partial charge in [0.2, 0.25) is 0 Å².